The van der Waals surface area contributed by atoms with Crippen LogP contribution in [0.25, 0.3) is 0 Å². The number of nitrogens with one attached hydrogen (secondary N) is 1. The Labute approximate surface area is 79.2 Å². The Balaban J connectivity index is 2.48. The predicted octanol–water partition coefficient (Wildman–Crippen LogP) is -0.158. The number of amides is 1. The fourth-order valence-corrected chi connectivity index (χ4v) is 1.50. The fraction of sp³-hybridized carbons (Fsp3) is 0.889. The van der Waals surface area contributed by atoms with Gasteiger partial charge in [0, 0.05) is 19.1 Å². The number of nitrogens with zero attached hydrogens (tertiary/aromatic N) is 1. The van der Waals surface area contributed by atoms with E-state index in [0.29, 0.717) is 6.54 Å². The highest BCUT2D eigenvalue weighted by atomic mass is 16.5. The van der Waals surface area contributed by atoms with Crippen molar-refractivity contribution in [1.29, 1.82) is 0 Å². The average Bonchev–Trinajstić information content (AvgIpc) is 2.08. The number of ether oxygens (including phenoxy) is 1. The van der Waals surface area contributed by atoms with Gasteiger partial charge in [-0.05, 0) is 20.9 Å². The zero-order chi connectivity index (χ0) is 9.84. The summed E-state index contributed by atoms with van der Waals surface area (Å²) in [5.74, 6) is 0.0994. The van der Waals surface area contributed by atoms with Crippen molar-refractivity contribution in [1.82, 2.24) is 10.2 Å². The Bertz CT molecular complexity index is 182. The minimum atomic E-state index is 0.0994. The van der Waals surface area contributed by atoms with E-state index in [9.17, 15) is 4.79 Å². The summed E-state index contributed by atoms with van der Waals surface area (Å²) < 4.78 is 5.36. The number of morpholine rings is 1. The van der Waals surface area contributed by atoms with Crippen LogP contribution in [0.15, 0.2) is 0 Å². The van der Waals surface area contributed by atoms with E-state index in [0.717, 1.165) is 6.54 Å². The Morgan fingerprint density at radius 2 is 2.38 bits per heavy atom. The van der Waals surface area contributed by atoms with Gasteiger partial charge in [0.2, 0.25) is 5.91 Å². The molecule has 1 aliphatic heterocycles. The lowest BCUT2D eigenvalue weighted by Gasteiger charge is -2.35. The fourth-order valence-electron chi connectivity index (χ4n) is 1.50. The molecule has 1 unspecified atom stereocenters. The maximum Gasteiger partial charge on any atom is 0.248 e. The standard InChI is InChI=1S/C9H18N2O2/c1-7(2)11-5-8(4-10-3)13-6-9(11)12/h7-8,10H,4-6H2,1-3H3. The lowest BCUT2D eigenvalue weighted by atomic mass is 10.2. The monoisotopic (exact) mass is 186 g/mol. The van der Waals surface area contributed by atoms with Gasteiger partial charge in [0.05, 0.1) is 6.10 Å². The van der Waals surface area contributed by atoms with E-state index in [-0.39, 0.29) is 24.7 Å². The van der Waals surface area contributed by atoms with Crippen molar-refractivity contribution in [3.63, 3.8) is 0 Å². The second-order valence-corrected chi connectivity index (χ2v) is 3.63. The Hall–Kier alpha value is -0.610. The number of hydrogen-bond acceptors (Lipinski definition) is 3. The number of carbonyl (C=O) groups is 1. The number of carbonyl (C=O) groups excluding carboxylic acids is 1. The largest absolute Gasteiger partial charge is 0.365 e. The molecule has 4 nitrogen and oxygen atoms in total. The summed E-state index contributed by atoms with van der Waals surface area (Å²) in [4.78, 5) is 13.2. The second-order valence-electron chi connectivity index (χ2n) is 3.63. The van der Waals surface area contributed by atoms with Crippen LogP contribution in [0.1, 0.15) is 13.8 Å². The van der Waals surface area contributed by atoms with E-state index in [4.69, 9.17) is 4.74 Å². The molecule has 1 saturated heterocycles. The van der Waals surface area contributed by atoms with Crippen molar-refractivity contribution in [2.45, 2.75) is 26.0 Å². The zero-order valence-electron chi connectivity index (χ0n) is 8.54. The SMILES string of the molecule is CNCC1CN(C(C)C)C(=O)CO1. The van der Waals surface area contributed by atoms with Crippen molar-refractivity contribution < 1.29 is 9.53 Å². The maximum absolute atomic E-state index is 11.4. The molecule has 0 aliphatic carbocycles. The van der Waals surface area contributed by atoms with Crippen LogP contribution in [0.5, 0.6) is 0 Å². The highest BCUT2D eigenvalue weighted by Gasteiger charge is 2.27. The van der Waals surface area contributed by atoms with E-state index in [1.54, 1.807) is 0 Å². The highest BCUT2D eigenvalue weighted by Crippen LogP contribution is 2.09. The topological polar surface area (TPSA) is 41.6 Å². The quantitative estimate of drug-likeness (QED) is 0.666. The van der Waals surface area contributed by atoms with Gasteiger partial charge in [-0.1, -0.05) is 0 Å². The van der Waals surface area contributed by atoms with Crippen LogP contribution >= 0.6 is 0 Å². The minimum absolute atomic E-state index is 0.0994. The van der Waals surface area contributed by atoms with E-state index in [2.05, 4.69) is 5.32 Å². The molecule has 1 fully saturated rings. The third-order valence-corrected chi connectivity index (χ3v) is 2.22. The van der Waals surface area contributed by atoms with E-state index < -0.39 is 0 Å². The summed E-state index contributed by atoms with van der Waals surface area (Å²) >= 11 is 0. The molecule has 0 aromatic rings. The van der Waals surface area contributed by atoms with E-state index in [1.807, 2.05) is 25.8 Å². The van der Waals surface area contributed by atoms with Gasteiger partial charge in [0.25, 0.3) is 0 Å². The molecule has 0 radical (unpaired) electrons. The van der Waals surface area contributed by atoms with Gasteiger partial charge >= 0.3 is 0 Å². The molecule has 1 heterocycles. The Morgan fingerprint density at radius 3 is 2.92 bits per heavy atom. The van der Waals surface area contributed by atoms with Crippen molar-refractivity contribution in [3.05, 3.63) is 0 Å². The number of rotatable bonds is 3. The molecule has 1 rings (SSSR count). The van der Waals surface area contributed by atoms with Crippen molar-refractivity contribution in [2.24, 2.45) is 0 Å². The first-order valence-corrected chi connectivity index (χ1v) is 4.70. The van der Waals surface area contributed by atoms with Crippen LogP contribution in [0.3, 0.4) is 0 Å². The molecule has 1 amide bonds. The van der Waals surface area contributed by atoms with Gasteiger partial charge in [0.1, 0.15) is 6.61 Å². The molecule has 0 aromatic heterocycles. The summed E-state index contributed by atoms with van der Waals surface area (Å²) in [5.41, 5.74) is 0. The third kappa shape index (κ3) is 2.67. The Morgan fingerprint density at radius 1 is 1.69 bits per heavy atom. The van der Waals surface area contributed by atoms with Crippen LogP contribution in [0.2, 0.25) is 0 Å². The van der Waals surface area contributed by atoms with Crippen LogP contribution in [0, 0.1) is 0 Å². The molecular weight excluding hydrogens is 168 g/mol. The van der Waals surface area contributed by atoms with Gasteiger partial charge in [-0.3, -0.25) is 4.79 Å². The lowest BCUT2D eigenvalue weighted by molar-refractivity contribution is -0.150. The van der Waals surface area contributed by atoms with Crippen LogP contribution in [-0.2, 0) is 9.53 Å². The predicted molar refractivity (Wildman–Crippen MR) is 50.5 cm³/mol. The molecule has 1 N–H and O–H groups in total. The van der Waals surface area contributed by atoms with Crippen LogP contribution < -0.4 is 5.32 Å². The normalized spacial score (nSPS) is 24.2. The molecule has 13 heavy (non-hydrogen) atoms. The second kappa shape index (κ2) is 4.58. The molecule has 0 spiro atoms. The molecule has 1 atom stereocenters. The van der Waals surface area contributed by atoms with Crippen molar-refractivity contribution in [2.75, 3.05) is 26.7 Å². The van der Waals surface area contributed by atoms with Gasteiger partial charge in [-0.2, -0.15) is 0 Å². The molecule has 76 valence electrons. The number of likely N-dealkylation sites (N-methyl/N-ethyl adjacent to an activating group) is 1. The van der Waals surface area contributed by atoms with E-state index in [1.165, 1.54) is 0 Å². The summed E-state index contributed by atoms with van der Waals surface area (Å²) in [6, 6.07) is 0.274. The van der Waals surface area contributed by atoms with Crippen LogP contribution in [0.4, 0.5) is 0 Å². The lowest BCUT2D eigenvalue weighted by Crippen LogP contribution is -2.52. The number of hydrogen-bond donors (Lipinski definition) is 1. The molecule has 4 heteroatoms. The smallest absolute Gasteiger partial charge is 0.248 e. The van der Waals surface area contributed by atoms with Gasteiger partial charge in [-0.25, -0.2) is 0 Å². The van der Waals surface area contributed by atoms with Gasteiger partial charge in [-0.15, -0.1) is 0 Å². The molecule has 1 aliphatic rings. The maximum atomic E-state index is 11.4. The summed E-state index contributed by atoms with van der Waals surface area (Å²) in [6.07, 6.45) is 0.144. The highest BCUT2D eigenvalue weighted by molar-refractivity contribution is 5.78. The van der Waals surface area contributed by atoms with E-state index >= 15 is 0 Å². The first-order chi connectivity index (χ1) is 6.15. The summed E-state index contributed by atoms with van der Waals surface area (Å²) in [5, 5.41) is 3.05. The van der Waals surface area contributed by atoms with Crippen molar-refractivity contribution in [3.8, 4) is 0 Å². The van der Waals surface area contributed by atoms with Crippen LogP contribution in [-0.4, -0.2) is 49.7 Å². The summed E-state index contributed by atoms with van der Waals surface area (Å²) in [7, 11) is 1.89. The molecule has 0 bridgehead atoms. The summed E-state index contributed by atoms with van der Waals surface area (Å²) in [6.45, 7) is 5.79. The molecule has 0 aromatic carbocycles. The van der Waals surface area contributed by atoms with Gasteiger partial charge in [0.15, 0.2) is 0 Å². The third-order valence-electron chi connectivity index (χ3n) is 2.22. The first kappa shape index (κ1) is 10.5. The van der Waals surface area contributed by atoms with Crippen molar-refractivity contribution >= 4 is 5.91 Å². The minimum Gasteiger partial charge on any atom is -0.365 e. The average molecular weight is 186 g/mol. The van der Waals surface area contributed by atoms with Gasteiger partial charge < -0.3 is 15.0 Å². The zero-order valence-corrected chi connectivity index (χ0v) is 8.54. The first-order valence-electron chi connectivity index (χ1n) is 4.70. The molecular formula is C9H18N2O2. The molecule has 0 saturated carbocycles. The Kier molecular flexibility index (Phi) is 3.69.